The summed E-state index contributed by atoms with van der Waals surface area (Å²) < 4.78 is 10.2. The number of amides is 1. The Morgan fingerprint density at radius 2 is 2.04 bits per heavy atom. The smallest absolute Gasteiger partial charge is 0.337 e. The van der Waals surface area contributed by atoms with E-state index in [4.69, 9.17) is 15.2 Å². The summed E-state index contributed by atoms with van der Waals surface area (Å²) in [5, 5.41) is 0. The Kier molecular flexibility index (Phi) is 6.53. The fourth-order valence-corrected chi connectivity index (χ4v) is 3.76. The number of likely N-dealkylation sites (tertiary alicyclic amines) is 1. The van der Waals surface area contributed by atoms with Crippen LogP contribution in [0.25, 0.3) is 0 Å². The topological polar surface area (TPSA) is 81.9 Å². The number of hydrogen-bond acceptors (Lipinski definition) is 5. The molecule has 0 aromatic heterocycles. The molecule has 1 amide bonds. The molecular formula is C19H27ClN2O4. The number of esters is 1. The average molecular weight is 383 g/mol. The zero-order valence-electron chi connectivity index (χ0n) is 15.3. The molecule has 1 atom stereocenters. The van der Waals surface area contributed by atoms with E-state index in [2.05, 4.69) is 0 Å². The van der Waals surface area contributed by atoms with Crippen LogP contribution in [0, 0.1) is 5.92 Å². The normalized spacial score (nSPS) is 20.7. The maximum atomic E-state index is 12.6. The minimum Gasteiger partial charge on any atom is -0.496 e. The zero-order valence-corrected chi connectivity index (χ0v) is 16.1. The van der Waals surface area contributed by atoms with Gasteiger partial charge in [0.25, 0.3) is 0 Å². The number of carbonyl (C=O) groups is 2. The number of nitrogens with two attached hydrogens (primary N) is 1. The van der Waals surface area contributed by atoms with Crippen molar-refractivity contribution in [3.8, 4) is 5.75 Å². The van der Waals surface area contributed by atoms with Crippen LogP contribution in [0.15, 0.2) is 18.2 Å². The third kappa shape index (κ3) is 3.96. The maximum absolute atomic E-state index is 12.6. The van der Waals surface area contributed by atoms with Gasteiger partial charge in [0.15, 0.2) is 0 Å². The molecule has 1 aromatic carbocycles. The lowest BCUT2D eigenvalue weighted by molar-refractivity contribution is -0.139. The van der Waals surface area contributed by atoms with E-state index in [0.717, 1.165) is 50.0 Å². The Morgan fingerprint density at radius 3 is 2.62 bits per heavy atom. The minimum atomic E-state index is -0.628. The summed E-state index contributed by atoms with van der Waals surface area (Å²) >= 11 is 0. The first kappa shape index (κ1) is 20.5. The Labute approximate surface area is 160 Å². The predicted molar refractivity (Wildman–Crippen MR) is 101 cm³/mol. The van der Waals surface area contributed by atoms with Crippen molar-refractivity contribution < 1.29 is 19.1 Å². The first-order valence-corrected chi connectivity index (χ1v) is 8.80. The van der Waals surface area contributed by atoms with Gasteiger partial charge in [-0.1, -0.05) is 0 Å². The molecule has 1 unspecified atom stereocenters. The molecule has 2 aliphatic rings. The SMILES string of the molecule is COC(=O)c1ccc(OC)c(CC2CCN(C(=O)C3(N)CCC3)C2)c1.Cl. The van der Waals surface area contributed by atoms with Gasteiger partial charge in [-0.25, -0.2) is 4.79 Å². The molecule has 0 spiro atoms. The number of methoxy groups -OCH3 is 2. The van der Waals surface area contributed by atoms with E-state index in [1.807, 2.05) is 11.0 Å². The van der Waals surface area contributed by atoms with Gasteiger partial charge in [-0.15, -0.1) is 12.4 Å². The summed E-state index contributed by atoms with van der Waals surface area (Å²) in [5.41, 5.74) is 7.03. The van der Waals surface area contributed by atoms with Crippen LogP contribution in [-0.4, -0.2) is 49.6 Å². The molecule has 1 saturated heterocycles. The standard InChI is InChI=1S/C19H26N2O4.ClH/c1-24-16-5-4-14(17(22)25-2)11-15(16)10-13-6-9-21(12-13)18(23)19(20)7-3-8-19;/h4-5,11,13H,3,6-10,12,20H2,1-2H3;1H. The van der Waals surface area contributed by atoms with E-state index in [0.29, 0.717) is 18.0 Å². The molecule has 1 aliphatic heterocycles. The summed E-state index contributed by atoms with van der Waals surface area (Å²) in [7, 11) is 2.99. The molecular weight excluding hydrogens is 356 g/mol. The van der Waals surface area contributed by atoms with Gasteiger partial charge in [-0.3, -0.25) is 4.79 Å². The third-order valence-corrected chi connectivity index (χ3v) is 5.45. The highest BCUT2D eigenvalue weighted by atomic mass is 35.5. The number of carbonyl (C=O) groups excluding carboxylic acids is 2. The maximum Gasteiger partial charge on any atom is 0.337 e. The number of ether oxygens (including phenoxy) is 2. The van der Waals surface area contributed by atoms with Crippen LogP contribution in [0.1, 0.15) is 41.6 Å². The zero-order chi connectivity index (χ0) is 18.0. The molecule has 144 valence electrons. The van der Waals surface area contributed by atoms with Crippen molar-refractivity contribution in [3.05, 3.63) is 29.3 Å². The fraction of sp³-hybridized carbons (Fsp3) is 0.579. The van der Waals surface area contributed by atoms with Crippen LogP contribution in [0.3, 0.4) is 0 Å². The molecule has 0 bridgehead atoms. The summed E-state index contributed by atoms with van der Waals surface area (Å²) in [4.78, 5) is 26.2. The Balaban J connectivity index is 0.00000243. The Bertz CT molecular complexity index is 676. The van der Waals surface area contributed by atoms with Crippen molar-refractivity contribution in [3.63, 3.8) is 0 Å². The van der Waals surface area contributed by atoms with Crippen LogP contribution in [0.4, 0.5) is 0 Å². The molecule has 7 heteroatoms. The van der Waals surface area contributed by atoms with Gasteiger partial charge in [0.1, 0.15) is 5.75 Å². The van der Waals surface area contributed by atoms with Gasteiger partial charge in [0.05, 0.1) is 25.3 Å². The van der Waals surface area contributed by atoms with Gasteiger partial charge in [0, 0.05) is 13.1 Å². The summed E-state index contributed by atoms with van der Waals surface area (Å²) in [6.07, 6.45) is 4.32. The molecule has 1 aliphatic carbocycles. The number of nitrogens with zero attached hydrogens (tertiary/aromatic N) is 1. The molecule has 1 heterocycles. The molecule has 2 fully saturated rings. The average Bonchev–Trinajstić information content (AvgIpc) is 3.06. The van der Waals surface area contributed by atoms with E-state index in [9.17, 15) is 9.59 Å². The lowest BCUT2D eigenvalue weighted by Crippen LogP contribution is -2.59. The van der Waals surface area contributed by atoms with Gasteiger partial charge in [-0.2, -0.15) is 0 Å². The molecule has 6 nitrogen and oxygen atoms in total. The van der Waals surface area contributed by atoms with Gasteiger partial charge >= 0.3 is 5.97 Å². The summed E-state index contributed by atoms with van der Waals surface area (Å²) in [6, 6.07) is 5.32. The van der Waals surface area contributed by atoms with E-state index < -0.39 is 5.54 Å². The minimum absolute atomic E-state index is 0. The van der Waals surface area contributed by atoms with Gasteiger partial charge in [-0.05, 0) is 61.8 Å². The van der Waals surface area contributed by atoms with Crippen molar-refractivity contribution in [2.75, 3.05) is 27.3 Å². The number of hydrogen-bond donors (Lipinski definition) is 1. The highest BCUT2D eigenvalue weighted by Crippen LogP contribution is 2.34. The second-order valence-electron chi connectivity index (χ2n) is 7.14. The van der Waals surface area contributed by atoms with E-state index in [1.54, 1.807) is 19.2 Å². The van der Waals surface area contributed by atoms with Crippen LogP contribution < -0.4 is 10.5 Å². The van der Waals surface area contributed by atoms with Crippen molar-refractivity contribution in [2.45, 2.75) is 37.6 Å². The first-order valence-electron chi connectivity index (χ1n) is 8.80. The third-order valence-electron chi connectivity index (χ3n) is 5.45. The second-order valence-corrected chi connectivity index (χ2v) is 7.14. The van der Waals surface area contributed by atoms with Gasteiger partial charge in [0.2, 0.25) is 5.91 Å². The molecule has 26 heavy (non-hydrogen) atoms. The predicted octanol–water partition coefficient (Wildman–Crippen LogP) is 2.18. The molecule has 1 saturated carbocycles. The van der Waals surface area contributed by atoms with Gasteiger partial charge < -0.3 is 20.1 Å². The van der Waals surface area contributed by atoms with Crippen molar-refractivity contribution >= 4 is 24.3 Å². The summed E-state index contributed by atoms with van der Waals surface area (Å²) in [6.45, 7) is 1.46. The lowest BCUT2D eigenvalue weighted by atomic mass is 9.76. The van der Waals surface area contributed by atoms with Crippen molar-refractivity contribution in [2.24, 2.45) is 11.7 Å². The van der Waals surface area contributed by atoms with Crippen LogP contribution >= 0.6 is 12.4 Å². The molecule has 0 radical (unpaired) electrons. The number of halogens is 1. The Morgan fingerprint density at radius 1 is 1.31 bits per heavy atom. The largest absolute Gasteiger partial charge is 0.496 e. The highest BCUT2D eigenvalue weighted by Gasteiger charge is 2.44. The second kappa shape index (κ2) is 8.27. The first-order chi connectivity index (χ1) is 12.0. The van der Waals surface area contributed by atoms with E-state index in [1.165, 1.54) is 7.11 Å². The van der Waals surface area contributed by atoms with E-state index >= 15 is 0 Å². The fourth-order valence-electron chi connectivity index (χ4n) is 3.76. The monoisotopic (exact) mass is 382 g/mol. The van der Waals surface area contributed by atoms with Crippen LogP contribution in [0.2, 0.25) is 0 Å². The number of rotatable bonds is 5. The molecule has 2 N–H and O–H groups in total. The highest BCUT2D eigenvalue weighted by molar-refractivity contribution is 5.90. The van der Waals surface area contributed by atoms with E-state index in [-0.39, 0.29) is 24.3 Å². The summed E-state index contributed by atoms with van der Waals surface area (Å²) in [5.74, 6) is 0.833. The lowest BCUT2D eigenvalue weighted by Gasteiger charge is -2.39. The Hall–Kier alpha value is -1.79. The number of benzene rings is 1. The van der Waals surface area contributed by atoms with Crippen LogP contribution in [-0.2, 0) is 16.0 Å². The van der Waals surface area contributed by atoms with Crippen LogP contribution in [0.5, 0.6) is 5.75 Å². The molecule has 3 rings (SSSR count). The van der Waals surface area contributed by atoms with Crippen molar-refractivity contribution in [1.29, 1.82) is 0 Å². The van der Waals surface area contributed by atoms with Crippen molar-refractivity contribution in [1.82, 2.24) is 4.90 Å². The quantitative estimate of drug-likeness (QED) is 0.789. The molecule has 1 aromatic rings.